The minimum Gasteiger partial charge on any atom is -0.345 e. The summed E-state index contributed by atoms with van der Waals surface area (Å²) in [4.78, 5) is 16.4. The first-order valence-corrected chi connectivity index (χ1v) is 8.37. The van der Waals surface area contributed by atoms with E-state index in [1.807, 2.05) is 24.2 Å². The number of fused-ring (bicyclic) bond motifs is 1. The van der Waals surface area contributed by atoms with Gasteiger partial charge in [0.1, 0.15) is 5.82 Å². The van der Waals surface area contributed by atoms with Gasteiger partial charge in [0.05, 0.1) is 11.6 Å². The first-order chi connectivity index (χ1) is 11.6. The molecule has 1 aromatic carbocycles. The van der Waals surface area contributed by atoms with E-state index in [2.05, 4.69) is 10.00 Å². The summed E-state index contributed by atoms with van der Waals surface area (Å²) in [5.41, 5.74) is 1.79. The highest BCUT2D eigenvalue weighted by Gasteiger charge is 2.41. The Labute approximate surface area is 140 Å². The Balaban J connectivity index is 1.56. The smallest absolute Gasteiger partial charge is 0.227 e. The van der Waals surface area contributed by atoms with Crippen LogP contribution in [0, 0.1) is 17.7 Å². The van der Waals surface area contributed by atoms with Gasteiger partial charge < -0.3 is 4.90 Å². The standard InChI is InChI=1S/C18H21FN4O/c1-21-8-5-13-10-22(12-16(13)18(21)24)11-14-9-15(19)3-4-17(14)23-7-2-6-20-23/h2-4,6-7,9,13,16H,5,8,10-12H2,1H3/t13-,16+/m1/s1. The molecule has 2 fully saturated rings. The highest BCUT2D eigenvalue weighted by Crippen LogP contribution is 2.33. The van der Waals surface area contributed by atoms with Gasteiger partial charge in [0.2, 0.25) is 5.91 Å². The highest BCUT2D eigenvalue weighted by atomic mass is 19.1. The Morgan fingerprint density at radius 1 is 1.33 bits per heavy atom. The second-order valence-electron chi connectivity index (χ2n) is 6.83. The van der Waals surface area contributed by atoms with Gasteiger partial charge in [-0.25, -0.2) is 9.07 Å². The maximum Gasteiger partial charge on any atom is 0.227 e. The molecule has 2 aliphatic rings. The third-order valence-electron chi connectivity index (χ3n) is 5.23. The van der Waals surface area contributed by atoms with Crippen LogP contribution >= 0.6 is 0 Å². The van der Waals surface area contributed by atoms with Gasteiger partial charge in [-0.1, -0.05) is 0 Å². The van der Waals surface area contributed by atoms with Crippen LogP contribution in [0.25, 0.3) is 5.69 Å². The van der Waals surface area contributed by atoms with Crippen molar-refractivity contribution < 1.29 is 9.18 Å². The van der Waals surface area contributed by atoms with Crippen LogP contribution < -0.4 is 0 Å². The molecule has 2 aromatic rings. The quantitative estimate of drug-likeness (QED) is 0.864. The van der Waals surface area contributed by atoms with Crippen LogP contribution in [0.1, 0.15) is 12.0 Å². The van der Waals surface area contributed by atoms with E-state index in [-0.39, 0.29) is 17.6 Å². The van der Waals surface area contributed by atoms with Crippen molar-refractivity contribution in [3.63, 3.8) is 0 Å². The zero-order chi connectivity index (χ0) is 16.7. The van der Waals surface area contributed by atoms with Crippen molar-refractivity contribution in [3.8, 4) is 5.69 Å². The summed E-state index contributed by atoms with van der Waals surface area (Å²) in [7, 11) is 1.88. The Bertz CT molecular complexity index is 745. The molecule has 0 saturated carbocycles. The Morgan fingerprint density at radius 3 is 3.00 bits per heavy atom. The molecule has 1 amide bonds. The molecule has 0 bridgehead atoms. The van der Waals surface area contributed by atoms with Gasteiger partial charge in [-0.2, -0.15) is 5.10 Å². The van der Waals surface area contributed by atoms with Gasteiger partial charge >= 0.3 is 0 Å². The second-order valence-corrected chi connectivity index (χ2v) is 6.83. The number of likely N-dealkylation sites (tertiary alicyclic amines) is 2. The summed E-state index contributed by atoms with van der Waals surface area (Å²) < 4.78 is 15.5. The van der Waals surface area contributed by atoms with Crippen LogP contribution in [0.4, 0.5) is 4.39 Å². The number of hydrogen-bond acceptors (Lipinski definition) is 3. The predicted octanol–water partition coefficient (Wildman–Crippen LogP) is 1.92. The Kier molecular flexibility index (Phi) is 3.84. The number of benzene rings is 1. The van der Waals surface area contributed by atoms with Crippen LogP contribution in [-0.2, 0) is 11.3 Å². The van der Waals surface area contributed by atoms with E-state index in [9.17, 15) is 9.18 Å². The summed E-state index contributed by atoms with van der Waals surface area (Å²) in [5, 5.41) is 4.26. The molecule has 1 aromatic heterocycles. The number of amides is 1. The van der Waals surface area contributed by atoms with Crippen molar-refractivity contribution in [1.29, 1.82) is 0 Å². The summed E-state index contributed by atoms with van der Waals surface area (Å²) >= 11 is 0. The maximum atomic E-state index is 13.8. The lowest BCUT2D eigenvalue weighted by Crippen LogP contribution is -2.42. The van der Waals surface area contributed by atoms with E-state index >= 15 is 0 Å². The predicted molar refractivity (Wildman–Crippen MR) is 88.0 cm³/mol. The van der Waals surface area contributed by atoms with E-state index in [1.165, 1.54) is 6.07 Å². The molecule has 2 atom stereocenters. The van der Waals surface area contributed by atoms with Crippen molar-refractivity contribution in [3.05, 3.63) is 48.0 Å². The Hall–Kier alpha value is -2.21. The summed E-state index contributed by atoms with van der Waals surface area (Å²) in [6.07, 6.45) is 4.63. The van der Waals surface area contributed by atoms with Crippen molar-refractivity contribution >= 4 is 5.91 Å². The second kappa shape index (κ2) is 6.02. The molecule has 0 spiro atoms. The molecule has 24 heavy (non-hydrogen) atoms. The topological polar surface area (TPSA) is 41.4 Å². The number of piperidine rings is 1. The molecule has 5 nitrogen and oxygen atoms in total. The molecule has 0 N–H and O–H groups in total. The number of nitrogens with zero attached hydrogens (tertiary/aromatic N) is 4. The van der Waals surface area contributed by atoms with E-state index < -0.39 is 0 Å². The SMILES string of the molecule is CN1CC[C@@H]2CN(Cc3cc(F)ccc3-n3cccn3)C[C@@H]2C1=O. The monoisotopic (exact) mass is 328 g/mol. The molecule has 4 rings (SSSR count). The van der Waals surface area contributed by atoms with Gasteiger partial charge in [0.15, 0.2) is 0 Å². The summed E-state index contributed by atoms with van der Waals surface area (Å²) in [5.74, 6) is 0.523. The highest BCUT2D eigenvalue weighted by molar-refractivity contribution is 5.80. The lowest BCUT2D eigenvalue weighted by Gasteiger charge is -2.30. The lowest BCUT2D eigenvalue weighted by atomic mass is 9.88. The number of carbonyl (C=O) groups is 1. The van der Waals surface area contributed by atoms with Crippen LogP contribution in [-0.4, -0.2) is 52.2 Å². The zero-order valence-corrected chi connectivity index (χ0v) is 13.7. The van der Waals surface area contributed by atoms with Gasteiger partial charge in [0.25, 0.3) is 0 Å². The molecule has 0 unspecified atom stereocenters. The van der Waals surface area contributed by atoms with E-state index in [0.717, 1.165) is 37.3 Å². The minimum absolute atomic E-state index is 0.0884. The molecule has 2 aliphatic heterocycles. The van der Waals surface area contributed by atoms with Crippen LogP contribution in [0.3, 0.4) is 0 Å². The van der Waals surface area contributed by atoms with Gasteiger partial charge in [0, 0.05) is 45.6 Å². The average molecular weight is 328 g/mol. The zero-order valence-electron chi connectivity index (χ0n) is 13.7. The van der Waals surface area contributed by atoms with Gasteiger partial charge in [-0.05, 0) is 42.2 Å². The Morgan fingerprint density at radius 2 is 2.21 bits per heavy atom. The summed E-state index contributed by atoms with van der Waals surface area (Å²) in [6.45, 7) is 3.13. The van der Waals surface area contributed by atoms with E-state index in [0.29, 0.717) is 12.5 Å². The normalized spacial score (nSPS) is 24.4. The average Bonchev–Trinajstić information content (AvgIpc) is 3.21. The van der Waals surface area contributed by atoms with Crippen molar-refractivity contribution in [2.45, 2.75) is 13.0 Å². The molecule has 2 saturated heterocycles. The maximum absolute atomic E-state index is 13.8. The van der Waals surface area contributed by atoms with Crippen LogP contribution in [0.5, 0.6) is 0 Å². The van der Waals surface area contributed by atoms with Gasteiger partial charge in [-0.3, -0.25) is 9.69 Å². The molecule has 126 valence electrons. The van der Waals surface area contributed by atoms with E-state index in [4.69, 9.17) is 0 Å². The number of rotatable bonds is 3. The molecule has 0 aliphatic carbocycles. The number of hydrogen-bond donors (Lipinski definition) is 0. The first-order valence-electron chi connectivity index (χ1n) is 8.37. The largest absolute Gasteiger partial charge is 0.345 e. The fourth-order valence-electron chi connectivity index (χ4n) is 3.97. The molecule has 6 heteroatoms. The molecular weight excluding hydrogens is 307 g/mol. The van der Waals surface area contributed by atoms with Crippen LogP contribution in [0.15, 0.2) is 36.7 Å². The van der Waals surface area contributed by atoms with Crippen molar-refractivity contribution in [1.82, 2.24) is 19.6 Å². The van der Waals surface area contributed by atoms with Crippen LogP contribution in [0.2, 0.25) is 0 Å². The van der Waals surface area contributed by atoms with E-state index in [1.54, 1.807) is 23.0 Å². The van der Waals surface area contributed by atoms with Crippen molar-refractivity contribution in [2.24, 2.45) is 11.8 Å². The van der Waals surface area contributed by atoms with Gasteiger partial charge in [-0.15, -0.1) is 0 Å². The fourth-order valence-corrected chi connectivity index (χ4v) is 3.97. The molecule has 0 radical (unpaired) electrons. The summed E-state index contributed by atoms with van der Waals surface area (Å²) in [6, 6.07) is 6.65. The fraction of sp³-hybridized carbons (Fsp3) is 0.444. The number of aromatic nitrogens is 2. The molecule has 3 heterocycles. The third kappa shape index (κ3) is 2.71. The molecular formula is C18H21FN4O. The number of carbonyl (C=O) groups excluding carboxylic acids is 1. The minimum atomic E-state index is -0.242. The lowest BCUT2D eigenvalue weighted by molar-refractivity contribution is -0.137. The van der Waals surface area contributed by atoms with Crippen molar-refractivity contribution in [2.75, 3.05) is 26.7 Å². The first kappa shape index (κ1) is 15.3. The number of halogens is 1. The third-order valence-corrected chi connectivity index (χ3v) is 5.23.